The molecule has 0 bridgehead atoms. The molecule has 1 aromatic carbocycles. The van der Waals surface area contributed by atoms with Gasteiger partial charge in [-0.3, -0.25) is 10.00 Å². The number of aromatic amines is 1. The van der Waals surface area contributed by atoms with Crippen molar-refractivity contribution in [3.05, 3.63) is 41.5 Å². The van der Waals surface area contributed by atoms with Gasteiger partial charge in [0.25, 0.3) is 0 Å². The molecule has 1 aliphatic rings. The maximum atomic E-state index is 11.5. The van der Waals surface area contributed by atoms with Gasteiger partial charge in [0.05, 0.1) is 10.9 Å². The van der Waals surface area contributed by atoms with Gasteiger partial charge in [-0.1, -0.05) is 12.1 Å². The molecule has 6 nitrogen and oxygen atoms in total. The highest BCUT2D eigenvalue weighted by Crippen LogP contribution is 2.31. The molecule has 0 saturated carbocycles. The molecule has 1 atom stereocenters. The van der Waals surface area contributed by atoms with E-state index in [2.05, 4.69) is 20.1 Å². The molecule has 2 aromatic rings. The molecule has 118 valence electrons. The van der Waals surface area contributed by atoms with Crippen LogP contribution in [-0.2, 0) is 16.4 Å². The minimum Gasteiger partial charge on any atom is -0.289 e. The Morgan fingerprint density at radius 3 is 2.64 bits per heavy atom. The third kappa shape index (κ3) is 3.20. The Morgan fingerprint density at radius 2 is 2.05 bits per heavy atom. The van der Waals surface area contributed by atoms with E-state index in [1.807, 2.05) is 19.1 Å². The first-order valence-electron chi connectivity index (χ1n) is 7.35. The number of hydrogen-bond acceptors (Lipinski definition) is 5. The number of hydrogen-bond donors (Lipinski definition) is 1. The van der Waals surface area contributed by atoms with Gasteiger partial charge in [-0.2, -0.15) is 5.10 Å². The Morgan fingerprint density at radius 1 is 1.32 bits per heavy atom. The van der Waals surface area contributed by atoms with E-state index in [1.165, 1.54) is 6.26 Å². The molecule has 2 heterocycles. The van der Waals surface area contributed by atoms with Crippen LogP contribution in [0.3, 0.4) is 0 Å². The molecule has 7 heteroatoms. The summed E-state index contributed by atoms with van der Waals surface area (Å²) < 4.78 is 23.0. The number of nitrogens with one attached hydrogen (secondary N) is 1. The van der Waals surface area contributed by atoms with Crippen LogP contribution in [0, 0.1) is 6.92 Å². The highest BCUT2D eigenvalue weighted by molar-refractivity contribution is 7.90. The topological polar surface area (TPSA) is 79.0 Å². The predicted octanol–water partition coefficient (Wildman–Crippen LogP) is 1.85. The number of benzene rings is 1. The average molecular weight is 320 g/mol. The van der Waals surface area contributed by atoms with Crippen molar-refractivity contribution in [2.75, 3.05) is 12.8 Å². The van der Waals surface area contributed by atoms with Crippen molar-refractivity contribution in [2.24, 2.45) is 0 Å². The maximum absolute atomic E-state index is 11.5. The molecule has 22 heavy (non-hydrogen) atoms. The lowest BCUT2D eigenvalue weighted by molar-refractivity contribution is 0.240. The van der Waals surface area contributed by atoms with Crippen molar-refractivity contribution in [1.82, 2.24) is 20.1 Å². The molecular weight excluding hydrogens is 300 g/mol. The van der Waals surface area contributed by atoms with Crippen molar-refractivity contribution >= 4 is 9.84 Å². The second-order valence-corrected chi connectivity index (χ2v) is 7.84. The van der Waals surface area contributed by atoms with Crippen LogP contribution >= 0.6 is 0 Å². The standard InChI is InChI=1S/C15H20N4O2S/c1-11-16-15(18-17-11)14-4-3-9-19(14)10-12-5-7-13(8-6-12)22(2,20)21/h5-8,14H,3-4,9-10H2,1-2H3,(H,16,17,18). The smallest absolute Gasteiger partial charge is 0.175 e. The summed E-state index contributed by atoms with van der Waals surface area (Å²) in [5.74, 6) is 1.68. The zero-order valence-corrected chi connectivity index (χ0v) is 13.6. The van der Waals surface area contributed by atoms with Gasteiger partial charge in [-0.25, -0.2) is 13.4 Å². The highest BCUT2D eigenvalue weighted by Gasteiger charge is 2.28. The van der Waals surface area contributed by atoms with Gasteiger partial charge in [0.15, 0.2) is 15.7 Å². The van der Waals surface area contributed by atoms with E-state index in [9.17, 15) is 8.42 Å². The molecular formula is C15H20N4O2S. The van der Waals surface area contributed by atoms with E-state index < -0.39 is 9.84 Å². The molecule has 1 unspecified atom stereocenters. The van der Waals surface area contributed by atoms with E-state index >= 15 is 0 Å². The summed E-state index contributed by atoms with van der Waals surface area (Å²) in [6.45, 7) is 3.69. The Labute approximate surface area is 130 Å². The fourth-order valence-corrected chi connectivity index (χ4v) is 3.52. The fraction of sp³-hybridized carbons (Fsp3) is 0.467. The highest BCUT2D eigenvalue weighted by atomic mass is 32.2. The molecule has 1 aliphatic heterocycles. The van der Waals surface area contributed by atoms with E-state index in [0.717, 1.165) is 43.1 Å². The number of aromatic nitrogens is 3. The van der Waals surface area contributed by atoms with E-state index in [1.54, 1.807) is 12.1 Å². The zero-order chi connectivity index (χ0) is 15.7. The first-order valence-corrected chi connectivity index (χ1v) is 9.24. The van der Waals surface area contributed by atoms with Crippen LogP contribution in [0.1, 0.15) is 36.1 Å². The number of H-pyrrole nitrogens is 1. The summed E-state index contributed by atoms with van der Waals surface area (Å²) in [4.78, 5) is 7.15. The van der Waals surface area contributed by atoms with Crippen molar-refractivity contribution < 1.29 is 8.42 Å². The quantitative estimate of drug-likeness (QED) is 0.930. The first kappa shape index (κ1) is 15.2. The number of aryl methyl sites for hydroxylation is 1. The van der Waals surface area contributed by atoms with Gasteiger partial charge in [0.1, 0.15) is 5.82 Å². The van der Waals surface area contributed by atoms with Gasteiger partial charge in [0, 0.05) is 12.8 Å². The summed E-state index contributed by atoms with van der Waals surface area (Å²) in [6, 6.07) is 7.35. The van der Waals surface area contributed by atoms with Gasteiger partial charge in [0.2, 0.25) is 0 Å². The zero-order valence-electron chi connectivity index (χ0n) is 12.8. The second-order valence-electron chi connectivity index (χ2n) is 5.82. The molecule has 0 amide bonds. The minimum absolute atomic E-state index is 0.236. The molecule has 0 spiro atoms. The van der Waals surface area contributed by atoms with Gasteiger partial charge in [-0.15, -0.1) is 0 Å². The number of nitrogens with zero attached hydrogens (tertiary/aromatic N) is 3. The predicted molar refractivity (Wildman–Crippen MR) is 83.1 cm³/mol. The van der Waals surface area contributed by atoms with Crippen molar-refractivity contribution in [2.45, 2.75) is 37.2 Å². The molecule has 0 radical (unpaired) electrons. The first-order chi connectivity index (χ1) is 10.4. The lowest BCUT2D eigenvalue weighted by Gasteiger charge is -2.22. The molecule has 1 aromatic heterocycles. The molecule has 0 aliphatic carbocycles. The molecule has 1 saturated heterocycles. The third-order valence-electron chi connectivity index (χ3n) is 4.01. The SMILES string of the molecule is Cc1nc(C2CCCN2Cc2ccc(S(C)(=O)=O)cc2)n[nH]1. The summed E-state index contributed by atoms with van der Waals surface area (Å²) in [6.07, 6.45) is 3.41. The van der Waals surface area contributed by atoms with Gasteiger partial charge >= 0.3 is 0 Å². The molecule has 3 rings (SSSR count). The van der Waals surface area contributed by atoms with E-state index in [-0.39, 0.29) is 6.04 Å². The summed E-state index contributed by atoms with van der Waals surface area (Å²) >= 11 is 0. The Balaban J connectivity index is 1.74. The van der Waals surface area contributed by atoms with Crippen LogP contribution < -0.4 is 0 Å². The van der Waals surface area contributed by atoms with Crippen molar-refractivity contribution in [1.29, 1.82) is 0 Å². The minimum atomic E-state index is -3.14. The lowest BCUT2D eigenvalue weighted by Crippen LogP contribution is -2.23. The normalized spacial score (nSPS) is 19.6. The van der Waals surface area contributed by atoms with Gasteiger partial charge in [-0.05, 0) is 44.0 Å². The van der Waals surface area contributed by atoms with Crippen LogP contribution in [0.2, 0.25) is 0 Å². The van der Waals surface area contributed by atoms with Gasteiger partial charge < -0.3 is 0 Å². The third-order valence-corrected chi connectivity index (χ3v) is 5.14. The summed E-state index contributed by atoms with van der Waals surface area (Å²) in [5, 5.41) is 7.18. The number of rotatable bonds is 4. The van der Waals surface area contributed by atoms with E-state index in [4.69, 9.17) is 0 Å². The van der Waals surface area contributed by atoms with E-state index in [0.29, 0.717) is 4.90 Å². The number of likely N-dealkylation sites (tertiary alicyclic amines) is 1. The Kier molecular flexibility index (Phi) is 4.01. The average Bonchev–Trinajstić information content (AvgIpc) is 3.07. The number of sulfone groups is 1. The van der Waals surface area contributed by atoms with Crippen LogP contribution in [0.15, 0.2) is 29.2 Å². The van der Waals surface area contributed by atoms with Crippen LogP contribution in [-0.4, -0.2) is 41.3 Å². The molecule has 1 N–H and O–H groups in total. The second kappa shape index (κ2) is 5.81. The summed E-state index contributed by atoms with van der Waals surface area (Å²) in [5.41, 5.74) is 1.10. The maximum Gasteiger partial charge on any atom is 0.175 e. The van der Waals surface area contributed by atoms with Crippen LogP contribution in [0.25, 0.3) is 0 Å². The van der Waals surface area contributed by atoms with Crippen LogP contribution in [0.4, 0.5) is 0 Å². The fourth-order valence-electron chi connectivity index (χ4n) is 2.89. The monoisotopic (exact) mass is 320 g/mol. The van der Waals surface area contributed by atoms with Crippen LogP contribution in [0.5, 0.6) is 0 Å². The largest absolute Gasteiger partial charge is 0.289 e. The Hall–Kier alpha value is -1.73. The van der Waals surface area contributed by atoms with Crippen molar-refractivity contribution in [3.63, 3.8) is 0 Å². The molecule has 1 fully saturated rings. The van der Waals surface area contributed by atoms with Crippen molar-refractivity contribution in [3.8, 4) is 0 Å². The summed E-state index contributed by atoms with van der Waals surface area (Å²) in [7, 11) is -3.14. The Bertz CT molecular complexity index is 752. The lowest BCUT2D eigenvalue weighted by atomic mass is 10.1.